The van der Waals surface area contributed by atoms with Gasteiger partial charge in [-0.25, -0.2) is 29.1 Å². The minimum absolute atomic E-state index is 0.0140. The summed E-state index contributed by atoms with van der Waals surface area (Å²) in [5, 5.41) is 11.2. The third-order valence-corrected chi connectivity index (χ3v) is 13.1. The summed E-state index contributed by atoms with van der Waals surface area (Å²) in [6.07, 6.45) is 5.83. The van der Waals surface area contributed by atoms with E-state index < -0.39 is 47.4 Å². The molecule has 5 rings (SSSR count). The Morgan fingerprint density at radius 2 is 0.947 bits per heavy atom. The molecule has 18 heteroatoms. The van der Waals surface area contributed by atoms with Gasteiger partial charge in [-0.3, -0.25) is 9.59 Å². The van der Waals surface area contributed by atoms with Gasteiger partial charge in [-0.2, -0.15) is 0 Å². The van der Waals surface area contributed by atoms with E-state index in [1.165, 1.54) is 14.2 Å². The summed E-state index contributed by atoms with van der Waals surface area (Å²) in [6, 6.07) is 6.09. The Bertz CT molecular complexity index is 2950. The van der Waals surface area contributed by atoms with Crippen LogP contribution < -0.4 is 21.3 Å². The lowest BCUT2D eigenvalue weighted by Crippen LogP contribution is -2.41. The number of methoxy groups -OCH3 is 2. The van der Waals surface area contributed by atoms with Gasteiger partial charge in [0.2, 0.25) is 11.8 Å². The molecular weight excluding hydrogens is 969 g/mol. The van der Waals surface area contributed by atoms with Crippen molar-refractivity contribution in [2.75, 3.05) is 27.3 Å². The van der Waals surface area contributed by atoms with Gasteiger partial charge in [-0.15, -0.1) is 0 Å². The maximum Gasteiger partial charge on any atom is 0.407 e. The van der Waals surface area contributed by atoms with Crippen molar-refractivity contribution in [2.45, 2.75) is 157 Å². The molecule has 6 N–H and O–H groups in total. The van der Waals surface area contributed by atoms with E-state index in [1.807, 2.05) is 64.1 Å². The van der Waals surface area contributed by atoms with Crippen molar-refractivity contribution < 1.29 is 47.7 Å². The molecule has 3 aromatic heterocycles. The van der Waals surface area contributed by atoms with Crippen molar-refractivity contribution >= 4 is 92.5 Å². The van der Waals surface area contributed by atoms with Gasteiger partial charge in [0, 0.05) is 59.1 Å². The Kier molecular flexibility index (Phi) is 20.6. The zero-order valence-electron chi connectivity index (χ0n) is 46.5. The highest BCUT2D eigenvalue weighted by Crippen LogP contribution is 2.38. The second kappa shape index (κ2) is 26.3. The van der Waals surface area contributed by atoms with E-state index in [9.17, 15) is 28.8 Å². The van der Waals surface area contributed by atoms with E-state index in [2.05, 4.69) is 44.4 Å². The average Bonchev–Trinajstić information content (AvgIpc) is 4.01. The number of amides is 4. The van der Waals surface area contributed by atoms with Gasteiger partial charge < -0.3 is 50.2 Å². The number of nitrogens with one attached hydrogen (secondary N) is 6. The molecule has 0 unspecified atom stereocenters. The molecule has 410 valence electrons. The molecule has 0 aliphatic carbocycles. The quantitative estimate of drug-likeness (QED) is 0.0313. The maximum absolute atomic E-state index is 13.8. The minimum atomic E-state index is -0.904. The Morgan fingerprint density at radius 3 is 1.33 bits per heavy atom. The topological polar surface area (TPSA) is 245 Å². The first-order valence-electron chi connectivity index (χ1n) is 26.0. The molecule has 0 fully saturated rings. The van der Waals surface area contributed by atoms with E-state index in [-0.39, 0.29) is 37.5 Å². The minimum Gasteiger partial charge on any atom is -0.467 e. The summed E-state index contributed by atoms with van der Waals surface area (Å²) >= 11 is 0. The van der Waals surface area contributed by atoms with Crippen molar-refractivity contribution in [1.29, 1.82) is 0 Å². The smallest absolute Gasteiger partial charge is 0.407 e. The van der Waals surface area contributed by atoms with E-state index >= 15 is 0 Å². The maximum atomic E-state index is 13.8. The second-order valence-corrected chi connectivity index (χ2v) is 21.1. The van der Waals surface area contributed by atoms with Gasteiger partial charge in [0.15, 0.2) is 0 Å². The number of carbonyl (C=O) groups excluding carboxylic acids is 6. The van der Waals surface area contributed by atoms with Gasteiger partial charge in [-0.05, 0) is 178 Å². The molecule has 2 atom stereocenters. The molecule has 0 saturated heterocycles. The molecule has 2 aliphatic rings. The summed E-state index contributed by atoms with van der Waals surface area (Å²) in [5.41, 5.74) is 11.6. The first-order chi connectivity index (χ1) is 35.9. The Balaban J connectivity index is 1.48. The van der Waals surface area contributed by atoms with Crippen molar-refractivity contribution in [3.05, 3.63) is 82.5 Å². The Morgan fingerprint density at radius 1 is 0.566 bits per heavy atom. The third-order valence-electron chi connectivity index (χ3n) is 13.1. The average molecular weight is 1050 g/mol. The van der Waals surface area contributed by atoms with E-state index in [0.717, 1.165) is 66.6 Å². The second-order valence-electron chi connectivity index (χ2n) is 21.1. The fourth-order valence-corrected chi connectivity index (χ4v) is 9.05. The zero-order chi connectivity index (χ0) is 56.1. The highest BCUT2D eigenvalue weighted by molar-refractivity contribution is 5.98. The Hall–Kier alpha value is -7.50. The fraction of sp³-hybridized carbons (Fsp3) is 0.483. The van der Waals surface area contributed by atoms with Crippen LogP contribution in [0.2, 0.25) is 0 Å². The van der Waals surface area contributed by atoms with Crippen LogP contribution >= 0.6 is 0 Å². The highest BCUT2D eigenvalue weighted by Gasteiger charge is 2.27. The molecule has 0 saturated carbocycles. The number of hydrogen-bond acceptors (Lipinski definition) is 12. The summed E-state index contributed by atoms with van der Waals surface area (Å²) in [5.74, 6) is -1.87. The van der Waals surface area contributed by atoms with Gasteiger partial charge in [0.05, 0.1) is 37.0 Å². The number of hydrogen-bond donors (Lipinski definition) is 6. The number of carbonyl (C=O) groups is 6. The van der Waals surface area contributed by atoms with Crippen LogP contribution in [0.5, 0.6) is 0 Å². The number of unbranched alkanes of at least 4 members (excludes halogenated alkanes) is 2. The van der Waals surface area contributed by atoms with E-state index in [0.29, 0.717) is 74.4 Å². The van der Waals surface area contributed by atoms with Crippen LogP contribution in [0.15, 0.2) is 37.4 Å². The number of alkyl carbamates (subject to hydrolysis) is 2. The highest BCUT2D eigenvalue weighted by atomic mass is 16.6. The van der Waals surface area contributed by atoms with Crippen LogP contribution in [-0.2, 0) is 38.1 Å². The van der Waals surface area contributed by atoms with E-state index in [4.69, 9.17) is 28.9 Å². The lowest BCUT2D eigenvalue weighted by atomic mass is 9.97. The number of ether oxygens (including phenoxy) is 4. The van der Waals surface area contributed by atoms with E-state index in [1.54, 1.807) is 41.5 Å². The zero-order valence-corrected chi connectivity index (χ0v) is 46.5. The molecule has 4 amide bonds. The van der Waals surface area contributed by atoms with Gasteiger partial charge in [-0.1, -0.05) is 25.3 Å². The number of H-pyrrole nitrogens is 2. The van der Waals surface area contributed by atoms with Crippen LogP contribution in [-0.4, -0.2) is 106 Å². The first-order valence-corrected chi connectivity index (χ1v) is 26.0. The van der Waals surface area contributed by atoms with Crippen LogP contribution in [0.1, 0.15) is 165 Å². The molecule has 8 bridgehead atoms. The summed E-state index contributed by atoms with van der Waals surface area (Å²) in [7, 11) is 2.55. The van der Waals surface area contributed by atoms with Gasteiger partial charge >= 0.3 is 24.1 Å². The molecule has 3 aromatic rings. The van der Waals surface area contributed by atoms with Crippen LogP contribution in [0.25, 0.3) is 56.5 Å². The predicted octanol–water partition coefficient (Wildman–Crippen LogP) is 10.3. The molecule has 0 aromatic carbocycles. The molecule has 76 heavy (non-hydrogen) atoms. The standard InChI is InChI=1S/C58H78N8O10/c1-15-37-33(3)43-29-44-35(5)39(23-25-51(67)65-41(53(69)73-13)21-17-19-27-59-55(71)75-57(7,8)9)49(63-44)32-50-40(36(6)46(64-50)31-48-38(16-2)34(4)45(62-48)30-47(37)61-43)24-26-52(68)66-42(54(70)74-14)22-18-20-28-60-56(72)76-58(10,11)12/h15-16,29-32,41-42,61-62H,1-2,17-28H2,3-14H3,(H,59,71)(H,60,72)(H,65,67)(H,66,68)/t41-,42-/m0/s1. The number of fused-ring (bicyclic) bond motifs is 8. The molecule has 0 radical (unpaired) electrons. The number of aryl methyl sites for hydroxylation is 2. The molecule has 18 nitrogen and oxygen atoms in total. The third kappa shape index (κ3) is 16.3. The fourth-order valence-electron chi connectivity index (χ4n) is 9.05. The van der Waals surface area contributed by atoms with Gasteiger partial charge in [0.25, 0.3) is 0 Å². The Labute approximate surface area is 446 Å². The lowest BCUT2D eigenvalue weighted by molar-refractivity contribution is -0.145. The largest absolute Gasteiger partial charge is 0.467 e. The van der Waals surface area contributed by atoms with Crippen molar-refractivity contribution in [3.63, 3.8) is 0 Å². The number of allylic oxidation sites excluding steroid dienone is 4. The number of esters is 2. The summed E-state index contributed by atoms with van der Waals surface area (Å²) in [4.78, 5) is 95.2. The lowest BCUT2D eigenvalue weighted by Gasteiger charge is -2.20. The number of nitrogens with zero attached hydrogens (tertiary/aromatic N) is 2. The van der Waals surface area contributed by atoms with Gasteiger partial charge in [0.1, 0.15) is 23.3 Å². The number of aromatic nitrogens is 4. The molecule has 0 spiro atoms. The monoisotopic (exact) mass is 1050 g/mol. The summed E-state index contributed by atoms with van der Waals surface area (Å²) in [6.45, 7) is 27.6. The number of rotatable bonds is 22. The van der Waals surface area contributed by atoms with Crippen LogP contribution in [0.3, 0.4) is 0 Å². The molecule has 2 aliphatic heterocycles. The van der Waals surface area contributed by atoms with Crippen molar-refractivity contribution in [2.24, 2.45) is 0 Å². The molecule has 5 heterocycles. The van der Waals surface area contributed by atoms with Crippen molar-refractivity contribution in [3.8, 4) is 0 Å². The van der Waals surface area contributed by atoms with Crippen molar-refractivity contribution in [1.82, 2.24) is 41.2 Å². The van der Waals surface area contributed by atoms with Crippen LogP contribution in [0, 0.1) is 13.8 Å². The predicted molar refractivity (Wildman–Crippen MR) is 298 cm³/mol. The summed E-state index contributed by atoms with van der Waals surface area (Å²) < 4.78 is 20.7. The SMILES string of the molecule is C=Cc1c(C)c2cc3[nH]c(cc4nc(cc5nc(cc1[nH]2)C(C)=C5CCC(=O)N[C@@H](CCCCNC(=O)OC(C)(C)C)C(=O)OC)C(CCC(=O)N[C@@H](CCCCNC(=O)OC(C)(C)C)C(=O)OC)=C4C)c(C)c3C=C. The molecular formula is C58H78N8O10. The first kappa shape index (κ1) is 59.4. The van der Waals surface area contributed by atoms with Crippen LogP contribution in [0.4, 0.5) is 9.59 Å². The normalized spacial score (nSPS) is 13.3. The number of aromatic amines is 2.